The van der Waals surface area contributed by atoms with Crippen LogP contribution in [-0.2, 0) is 12.3 Å². The van der Waals surface area contributed by atoms with Gasteiger partial charge in [-0.1, -0.05) is 20.3 Å². The Bertz CT molecular complexity index is 419. The second kappa shape index (κ2) is 6.60. The van der Waals surface area contributed by atoms with Crippen molar-refractivity contribution in [2.45, 2.75) is 58.4 Å². The van der Waals surface area contributed by atoms with Crippen LogP contribution < -0.4 is 4.90 Å². The fourth-order valence-electron chi connectivity index (χ4n) is 2.90. The van der Waals surface area contributed by atoms with Gasteiger partial charge in [0, 0.05) is 24.2 Å². The van der Waals surface area contributed by atoms with Crippen LogP contribution in [0, 0.1) is 5.92 Å². The SMILES string of the molecule is CCCc1cc(CCl)cc(N2CCCC(C)C2C)n1. The number of alkyl halides is 1. The molecule has 2 atom stereocenters. The molecule has 2 nitrogen and oxygen atoms in total. The van der Waals surface area contributed by atoms with Gasteiger partial charge in [-0.15, -0.1) is 11.6 Å². The molecule has 0 aromatic carbocycles. The van der Waals surface area contributed by atoms with E-state index in [2.05, 4.69) is 37.8 Å². The normalized spacial score (nSPS) is 23.7. The number of halogens is 1. The number of anilines is 1. The molecule has 2 rings (SSSR count). The molecule has 106 valence electrons. The van der Waals surface area contributed by atoms with Gasteiger partial charge in [-0.25, -0.2) is 4.98 Å². The number of rotatable bonds is 4. The summed E-state index contributed by atoms with van der Waals surface area (Å²) in [5, 5.41) is 0. The first kappa shape index (κ1) is 14.6. The van der Waals surface area contributed by atoms with Crippen molar-refractivity contribution in [3.05, 3.63) is 23.4 Å². The Labute approximate surface area is 122 Å². The van der Waals surface area contributed by atoms with Crippen molar-refractivity contribution in [3.63, 3.8) is 0 Å². The van der Waals surface area contributed by atoms with Crippen molar-refractivity contribution in [2.75, 3.05) is 11.4 Å². The molecule has 1 fully saturated rings. The van der Waals surface area contributed by atoms with Crippen LogP contribution >= 0.6 is 11.6 Å². The summed E-state index contributed by atoms with van der Waals surface area (Å²) in [4.78, 5) is 7.31. The van der Waals surface area contributed by atoms with Crippen LogP contribution in [0.25, 0.3) is 0 Å². The maximum absolute atomic E-state index is 6.03. The lowest BCUT2D eigenvalue weighted by Crippen LogP contribution is -2.43. The predicted molar refractivity (Wildman–Crippen MR) is 83.0 cm³/mol. The zero-order chi connectivity index (χ0) is 13.8. The van der Waals surface area contributed by atoms with E-state index in [4.69, 9.17) is 16.6 Å². The van der Waals surface area contributed by atoms with Crippen LogP contribution in [0.3, 0.4) is 0 Å². The van der Waals surface area contributed by atoms with E-state index in [0.29, 0.717) is 11.9 Å². The zero-order valence-corrected chi connectivity index (χ0v) is 13.1. The Morgan fingerprint density at radius 1 is 1.37 bits per heavy atom. The van der Waals surface area contributed by atoms with Crippen LogP contribution in [0.15, 0.2) is 12.1 Å². The molecule has 2 unspecified atom stereocenters. The van der Waals surface area contributed by atoms with E-state index >= 15 is 0 Å². The van der Waals surface area contributed by atoms with Crippen molar-refractivity contribution in [1.82, 2.24) is 4.98 Å². The third kappa shape index (κ3) is 3.42. The summed E-state index contributed by atoms with van der Waals surface area (Å²) in [5.74, 6) is 2.44. The molecule has 19 heavy (non-hydrogen) atoms. The minimum absolute atomic E-state index is 0.571. The maximum atomic E-state index is 6.03. The number of aryl methyl sites for hydroxylation is 1. The van der Waals surface area contributed by atoms with Crippen molar-refractivity contribution in [1.29, 1.82) is 0 Å². The minimum Gasteiger partial charge on any atom is -0.354 e. The van der Waals surface area contributed by atoms with Crippen LogP contribution in [0.5, 0.6) is 0 Å². The van der Waals surface area contributed by atoms with Gasteiger partial charge in [-0.2, -0.15) is 0 Å². The van der Waals surface area contributed by atoms with E-state index in [1.807, 2.05) is 0 Å². The smallest absolute Gasteiger partial charge is 0.129 e. The van der Waals surface area contributed by atoms with Gasteiger partial charge in [0.15, 0.2) is 0 Å². The highest BCUT2D eigenvalue weighted by Crippen LogP contribution is 2.28. The largest absolute Gasteiger partial charge is 0.354 e. The first-order valence-electron chi connectivity index (χ1n) is 7.48. The fraction of sp³-hybridized carbons (Fsp3) is 0.688. The molecule has 1 aromatic heterocycles. The molecule has 0 amide bonds. The van der Waals surface area contributed by atoms with E-state index in [1.165, 1.54) is 24.1 Å². The Balaban J connectivity index is 2.29. The van der Waals surface area contributed by atoms with Crippen molar-refractivity contribution >= 4 is 17.4 Å². The van der Waals surface area contributed by atoms with Gasteiger partial charge in [-0.05, 0) is 49.8 Å². The lowest BCUT2D eigenvalue weighted by Gasteiger charge is -2.39. The number of piperidine rings is 1. The van der Waals surface area contributed by atoms with E-state index in [0.717, 1.165) is 31.1 Å². The standard InChI is InChI=1S/C16H25ClN2/c1-4-6-15-9-14(11-17)10-16(18-15)19-8-5-7-12(2)13(19)3/h9-10,12-13H,4-8,11H2,1-3H3. The average molecular weight is 281 g/mol. The van der Waals surface area contributed by atoms with Gasteiger partial charge in [0.25, 0.3) is 0 Å². The molecule has 1 saturated heterocycles. The summed E-state index contributed by atoms with van der Waals surface area (Å²) in [7, 11) is 0. The number of pyridine rings is 1. The molecule has 1 aromatic rings. The minimum atomic E-state index is 0.571. The number of aromatic nitrogens is 1. The Morgan fingerprint density at radius 3 is 2.84 bits per heavy atom. The summed E-state index contributed by atoms with van der Waals surface area (Å²) in [6, 6.07) is 4.89. The topological polar surface area (TPSA) is 16.1 Å². The second-order valence-electron chi connectivity index (χ2n) is 5.76. The highest BCUT2D eigenvalue weighted by Gasteiger charge is 2.25. The third-order valence-electron chi connectivity index (χ3n) is 4.25. The molecule has 1 aliphatic heterocycles. The van der Waals surface area contributed by atoms with E-state index < -0.39 is 0 Å². The number of hydrogen-bond acceptors (Lipinski definition) is 2. The monoisotopic (exact) mass is 280 g/mol. The van der Waals surface area contributed by atoms with Crippen LogP contribution in [0.2, 0.25) is 0 Å². The van der Waals surface area contributed by atoms with Crippen LogP contribution in [-0.4, -0.2) is 17.6 Å². The van der Waals surface area contributed by atoms with Gasteiger partial charge in [0.2, 0.25) is 0 Å². The molecule has 0 N–H and O–H groups in total. The molecule has 0 aliphatic carbocycles. The van der Waals surface area contributed by atoms with Gasteiger partial charge in [-0.3, -0.25) is 0 Å². The molecule has 1 aliphatic rings. The zero-order valence-electron chi connectivity index (χ0n) is 12.3. The molecule has 0 bridgehead atoms. The second-order valence-corrected chi connectivity index (χ2v) is 6.03. The first-order chi connectivity index (χ1) is 9.15. The summed E-state index contributed by atoms with van der Waals surface area (Å²) in [5.41, 5.74) is 2.38. The highest BCUT2D eigenvalue weighted by atomic mass is 35.5. The van der Waals surface area contributed by atoms with Crippen molar-refractivity contribution in [2.24, 2.45) is 5.92 Å². The average Bonchev–Trinajstić information content (AvgIpc) is 2.42. The Morgan fingerprint density at radius 2 is 2.16 bits per heavy atom. The Hall–Kier alpha value is -0.760. The van der Waals surface area contributed by atoms with Gasteiger partial charge >= 0.3 is 0 Å². The van der Waals surface area contributed by atoms with E-state index in [-0.39, 0.29) is 0 Å². The molecule has 0 saturated carbocycles. The number of hydrogen-bond donors (Lipinski definition) is 0. The molecule has 0 spiro atoms. The van der Waals surface area contributed by atoms with Gasteiger partial charge in [0.05, 0.1) is 0 Å². The number of nitrogens with zero attached hydrogens (tertiary/aromatic N) is 2. The Kier molecular flexibility index (Phi) is 5.09. The van der Waals surface area contributed by atoms with E-state index in [9.17, 15) is 0 Å². The van der Waals surface area contributed by atoms with E-state index in [1.54, 1.807) is 0 Å². The molecular formula is C16H25ClN2. The predicted octanol–water partition coefficient (Wildman–Crippen LogP) is 4.40. The maximum Gasteiger partial charge on any atom is 0.129 e. The lowest BCUT2D eigenvalue weighted by atomic mass is 9.92. The highest BCUT2D eigenvalue weighted by molar-refractivity contribution is 6.17. The van der Waals surface area contributed by atoms with Gasteiger partial charge < -0.3 is 4.90 Å². The van der Waals surface area contributed by atoms with Crippen molar-refractivity contribution < 1.29 is 0 Å². The first-order valence-corrected chi connectivity index (χ1v) is 8.01. The fourth-order valence-corrected chi connectivity index (χ4v) is 3.05. The molecule has 3 heteroatoms. The van der Waals surface area contributed by atoms with Crippen LogP contribution in [0.1, 0.15) is 51.3 Å². The quantitative estimate of drug-likeness (QED) is 0.760. The summed E-state index contributed by atoms with van der Waals surface area (Å²) in [6.07, 6.45) is 4.76. The summed E-state index contributed by atoms with van der Waals surface area (Å²) < 4.78 is 0. The lowest BCUT2D eigenvalue weighted by molar-refractivity contribution is 0.361. The summed E-state index contributed by atoms with van der Waals surface area (Å²) in [6.45, 7) is 7.98. The molecular weight excluding hydrogens is 256 g/mol. The van der Waals surface area contributed by atoms with Crippen molar-refractivity contribution in [3.8, 4) is 0 Å². The molecule has 0 radical (unpaired) electrons. The third-order valence-corrected chi connectivity index (χ3v) is 4.56. The van der Waals surface area contributed by atoms with Gasteiger partial charge in [0.1, 0.15) is 5.82 Å². The summed E-state index contributed by atoms with van der Waals surface area (Å²) >= 11 is 6.03. The van der Waals surface area contributed by atoms with Crippen LogP contribution in [0.4, 0.5) is 5.82 Å². The molecule has 2 heterocycles.